The normalized spacial score (nSPS) is 22.5. The molecule has 0 bridgehead atoms. The van der Waals surface area contributed by atoms with Gasteiger partial charge in [-0.2, -0.15) is 0 Å². The predicted molar refractivity (Wildman–Crippen MR) is 102 cm³/mol. The van der Waals surface area contributed by atoms with Gasteiger partial charge in [-0.1, -0.05) is 32.4 Å². The first-order valence-corrected chi connectivity index (χ1v) is 9.69. The fourth-order valence-electron chi connectivity index (χ4n) is 3.82. The molecule has 0 radical (unpaired) electrons. The summed E-state index contributed by atoms with van der Waals surface area (Å²) in [7, 11) is 1.74. The summed E-state index contributed by atoms with van der Waals surface area (Å²) in [6.07, 6.45) is 6.57. The van der Waals surface area contributed by atoms with Crippen LogP contribution in [-0.2, 0) is 6.54 Å². The lowest BCUT2D eigenvalue weighted by Crippen LogP contribution is -2.35. The molecular formula is C21H36N2O. The Hall–Kier alpha value is -1.06. The maximum absolute atomic E-state index is 5.84. The molecule has 2 N–H and O–H groups in total. The summed E-state index contributed by atoms with van der Waals surface area (Å²) in [6, 6.07) is 8.52. The van der Waals surface area contributed by atoms with Gasteiger partial charge in [0.15, 0.2) is 0 Å². The van der Waals surface area contributed by atoms with Crippen molar-refractivity contribution >= 4 is 0 Å². The van der Waals surface area contributed by atoms with Crippen LogP contribution in [0.5, 0.6) is 5.75 Å². The fourth-order valence-corrected chi connectivity index (χ4v) is 3.82. The first-order chi connectivity index (χ1) is 11.6. The Balaban J connectivity index is 1.96. The van der Waals surface area contributed by atoms with Gasteiger partial charge < -0.3 is 10.5 Å². The fraction of sp³-hybridized carbons (Fsp3) is 0.714. The summed E-state index contributed by atoms with van der Waals surface area (Å²) < 4.78 is 5.38. The molecular weight excluding hydrogens is 296 g/mol. The molecule has 1 unspecified atom stereocenters. The first-order valence-electron chi connectivity index (χ1n) is 9.69. The molecule has 1 saturated carbocycles. The topological polar surface area (TPSA) is 38.5 Å². The molecule has 0 aliphatic heterocycles. The summed E-state index contributed by atoms with van der Waals surface area (Å²) in [4.78, 5) is 2.66. The van der Waals surface area contributed by atoms with E-state index >= 15 is 0 Å². The van der Waals surface area contributed by atoms with Crippen LogP contribution in [0.1, 0.15) is 51.5 Å². The van der Waals surface area contributed by atoms with Crippen LogP contribution in [0.2, 0.25) is 0 Å². The van der Waals surface area contributed by atoms with Gasteiger partial charge in [0.1, 0.15) is 5.75 Å². The highest BCUT2D eigenvalue weighted by atomic mass is 16.5. The number of nitrogens with two attached hydrogens (primary N) is 1. The zero-order valence-electron chi connectivity index (χ0n) is 15.8. The highest BCUT2D eigenvalue weighted by Gasteiger charge is 2.23. The van der Waals surface area contributed by atoms with Gasteiger partial charge in [0.2, 0.25) is 0 Å². The first kappa shape index (κ1) is 19.3. The smallest absolute Gasteiger partial charge is 0.119 e. The van der Waals surface area contributed by atoms with Gasteiger partial charge in [-0.3, -0.25) is 4.90 Å². The molecule has 1 aliphatic carbocycles. The quantitative estimate of drug-likeness (QED) is 0.732. The molecule has 1 aromatic rings. The van der Waals surface area contributed by atoms with Crippen molar-refractivity contribution in [3.8, 4) is 5.75 Å². The third-order valence-corrected chi connectivity index (χ3v) is 5.62. The van der Waals surface area contributed by atoms with Crippen LogP contribution >= 0.6 is 0 Å². The van der Waals surface area contributed by atoms with E-state index in [4.69, 9.17) is 10.5 Å². The molecule has 3 nitrogen and oxygen atoms in total. The molecule has 0 amide bonds. The van der Waals surface area contributed by atoms with Crippen LogP contribution in [0.3, 0.4) is 0 Å². The number of benzene rings is 1. The van der Waals surface area contributed by atoms with E-state index in [0.717, 1.165) is 36.6 Å². The van der Waals surface area contributed by atoms with Crippen LogP contribution < -0.4 is 10.5 Å². The van der Waals surface area contributed by atoms with Crippen LogP contribution in [0.25, 0.3) is 0 Å². The Kier molecular flexibility index (Phi) is 8.07. The lowest BCUT2D eigenvalue weighted by molar-refractivity contribution is 0.158. The van der Waals surface area contributed by atoms with Gasteiger partial charge in [0.05, 0.1) is 7.11 Å². The molecule has 0 saturated heterocycles. The van der Waals surface area contributed by atoms with E-state index in [1.165, 1.54) is 50.8 Å². The molecule has 24 heavy (non-hydrogen) atoms. The van der Waals surface area contributed by atoms with Crippen molar-refractivity contribution in [1.82, 2.24) is 4.90 Å². The van der Waals surface area contributed by atoms with E-state index in [0.29, 0.717) is 0 Å². The largest absolute Gasteiger partial charge is 0.497 e. The van der Waals surface area contributed by atoms with Crippen molar-refractivity contribution < 1.29 is 4.74 Å². The Bertz CT molecular complexity index is 469. The Labute approximate surface area is 148 Å². The molecule has 0 spiro atoms. The van der Waals surface area contributed by atoms with Crippen molar-refractivity contribution in [3.63, 3.8) is 0 Å². The van der Waals surface area contributed by atoms with E-state index in [1.54, 1.807) is 7.11 Å². The molecule has 2 rings (SSSR count). The van der Waals surface area contributed by atoms with Gasteiger partial charge in [-0.25, -0.2) is 0 Å². The standard InChI is InChI=1S/C21H36N2O/c1-4-17(2)14-23(15-19-10-8-18(13-22)9-11-19)16-20-6-5-7-21(12-20)24-3/h5-7,12,17-19H,4,8-11,13-16,22H2,1-3H3. The molecule has 1 aromatic carbocycles. The monoisotopic (exact) mass is 332 g/mol. The average molecular weight is 333 g/mol. The van der Waals surface area contributed by atoms with Gasteiger partial charge in [0, 0.05) is 19.6 Å². The number of ether oxygens (including phenoxy) is 1. The second-order valence-electron chi connectivity index (χ2n) is 7.68. The minimum absolute atomic E-state index is 0.746. The van der Waals surface area contributed by atoms with Crippen LogP contribution in [0, 0.1) is 17.8 Å². The summed E-state index contributed by atoms with van der Waals surface area (Å²) in [5, 5.41) is 0. The molecule has 0 heterocycles. The van der Waals surface area contributed by atoms with Gasteiger partial charge in [-0.05, 0) is 67.7 Å². The number of hydrogen-bond donors (Lipinski definition) is 1. The van der Waals surface area contributed by atoms with Gasteiger partial charge in [-0.15, -0.1) is 0 Å². The molecule has 136 valence electrons. The van der Waals surface area contributed by atoms with Gasteiger partial charge >= 0.3 is 0 Å². The maximum atomic E-state index is 5.84. The van der Waals surface area contributed by atoms with E-state index in [2.05, 4.69) is 36.9 Å². The zero-order valence-corrected chi connectivity index (χ0v) is 15.8. The van der Waals surface area contributed by atoms with Crippen LogP contribution in [0.15, 0.2) is 24.3 Å². The van der Waals surface area contributed by atoms with E-state index in [9.17, 15) is 0 Å². The molecule has 1 aliphatic rings. The maximum Gasteiger partial charge on any atom is 0.119 e. The lowest BCUT2D eigenvalue weighted by atomic mass is 9.81. The summed E-state index contributed by atoms with van der Waals surface area (Å²) in [5.74, 6) is 3.31. The second-order valence-corrected chi connectivity index (χ2v) is 7.68. The molecule has 1 fully saturated rings. The van der Waals surface area contributed by atoms with Crippen molar-refractivity contribution in [2.45, 2.75) is 52.5 Å². The van der Waals surface area contributed by atoms with Gasteiger partial charge in [0.25, 0.3) is 0 Å². The summed E-state index contributed by atoms with van der Waals surface area (Å²) in [5.41, 5.74) is 7.20. The second kappa shape index (κ2) is 10.0. The van der Waals surface area contributed by atoms with E-state index < -0.39 is 0 Å². The molecule has 1 atom stereocenters. The van der Waals surface area contributed by atoms with Crippen molar-refractivity contribution in [2.75, 3.05) is 26.7 Å². The van der Waals surface area contributed by atoms with Crippen molar-refractivity contribution in [1.29, 1.82) is 0 Å². The number of hydrogen-bond acceptors (Lipinski definition) is 3. The predicted octanol–water partition coefficient (Wildman–Crippen LogP) is 4.31. The Morgan fingerprint density at radius 3 is 2.54 bits per heavy atom. The van der Waals surface area contributed by atoms with Crippen molar-refractivity contribution in [3.05, 3.63) is 29.8 Å². The minimum atomic E-state index is 0.746. The van der Waals surface area contributed by atoms with Crippen LogP contribution in [0.4, 0.5) is 0 Å². The van der Waals surface area contributed by atoms with E-state index in [1.807, 2.05) is 6.07 Å². The van der Waals surface area contributed by atoms with E-state index in [-0.39, 0.29) is 0 Å². The number of rotatable bonds is 9. The number of methoxy groups -OCH3 is 1. The third kappa shape index (κ3) is 6.10. The average Bonchev–Trinajstić information content (AvgIpc) is 2.62. The Morgan fingerprint density at radius 1 is 1.21 bits per heavy atom. The molecule has 0 aromatic heterocycles. The lowest BCUT2D eigenvalue weighted by Gasteiger charge is -2.33. The summed E-state index contributed by atoms with van der Waals surface area (Å²) in [6.45, 7) is 8.96. The highest BCUT2D eigenvalue weighted by Crippen LogP contribution is 2.29. The molecule has 3 heteroatoms. The van der Waals surface area contributed by atoms with Crippen LogP contribution in [-0.4, -0.2) is 31.6 Å². The SMILES string of the molecule is CCC(C)CN(Cc1cccc(OC)c1)CC1CCC(CN)CC1. The zero-order chi connectivity index (χ0) is 17.4. The third-order valence-electron chi connectivity index (χ3n) is 5.62. The van der Waals surface area contributed by atoms with Crippen molar-refractivity contribution in [2.24, 2.45) is 23.5 Å². The Morgan fingerprint density at radius 2 is 1.92 bits per heavy atom. The minimum Gasteiger partial charge on any atom is -0.497 e. The highest BCUT2D eigenvalue weighted by molar-refractivity contribution is 5.28. The summed E-state index contributed by atoms with van der Waals surface area (Å²) >= 11 is 0. The number of nitrogens with zero attached hydrogens (tertiary/aromatic N) is 1.